The van der Waals surface area contributed by atoms with Gasteiger partial charge >= 0.3 is 0 Å². The van der Waals surface area contributed by atoms with E-state index in [1.165, 1.54) is 6.07 Å². The van der Waals surface area contributed by atoms with E-state index in [2.05, 4.69) is 22.2 Å². The summed E-state index contributed by atoms with van der Waals surface area (Å²) in [5.41, 5.74) is 3.20. The Bertz CT molecular complexity index is 1070. The molecule has 0 radical (unpaired) electrons. The summed E-state index contributed by atoms with van der Waals surface area (Å²) in [7, 11) is 0. The predicted octanol–water partition coefficient (Wildman–Crippen LogP) is 2.99. The van der Waals surface area contributed by atoms with Gasteiger partial charge in [0.25, 0.3) is 5.95 Å². The summed E-state index contributed by atoms with van der Waals surface area (Å²) in [4.78, 5) is 21.1. The maximum Gasteiger partial charge on any atom is 0.266 e. The Labute approximate surface area is 180 Å². The number of hydrogen-bond donors (Lipinski definition) is 0. The number of nitrogens with zero attached hydrogens (tertiary/aromatic N) is 6. The van der Waals surface area contributed by atoms with E-state index in [9.17, 15) is 9.18 Å². The minimum Gasteiger partial charge on any atom is -0.338 e. The lowest BCUT2D eigenvalue weighted by molar-refractivity contribution is -0.132. The first-order chi connectivity index (χ1) is 14.9. The molecule has 0 N–H and O–H groups in total. The second-order valence-electron chi connectivity index (χ2n) is 7.87. The van der Waals surface area contributed by atoms with E-state index < -0.39 is 0 Å². The third-order valence-electron chi connectivity index (χ3n) is 5.54. The molecule has 0 bridgehead atoms. The second-order valence-corrected chi connectivity index (χ2v) is 7.87. The highest BCUT2D eigenvalue weighted by Crippen LogP contribution is 2.23. The lowest BCUT2D eigenvalue weighted by atomic mass is 10.1. The zero-order valence-corrected chi connectivity index (χ0v) is 18.1. The van der Waals surface area contributed by atoms with E-state index in [0.29, 0.717) is 43.6 Å². The smallest absolute Gasteiger partial charge is 0.266 e. The van der Waals surface area contributed by atoms with Crippen LogP contribution in [0.4, 0.5) is 10.3 Å². The summed E-state index contributed by atoms with van der Waals surface area (Å²) >= 11 is 0. The number of carbonyl (C=O) groups is 1. The van der Waals surface area contributed by atoms with Crippen LogP contribution in [-0.4, -0.2) is 56.9 Å². The van der Waals surface area contributed by atoms with E-state index >= 15 is 0 Å². The standard InChI is InChI=1S/C22H27FN6O2/c1-4-5-18-13-20(17-6-7-19(23)15(2)12-17)25-29(18)14-21(30)27-8-10-28(11-9-27)22-24-16(3)31-26-22/h6-7,12-13H,4-5,8-11,14H2,1-3H3. The number of amides is 1. The maximum absolute atomic E-state index is 13.6. The first kappa shape index (κ1) is 21.0. The van der Waals surface area contributed by atoms with Crippen molar-refractivity contribution in [2.75, 3.05) is 31.1 Å². The highest BCUT2D eigenvalue weighted by molar-refractivity contribution is 5.76. The molecule has 1 aromatic carbocycles. The van der Waals surface area contributed by atoms with Gasteiger partial charge in [0.05, 0.1) is 5.69 Å². The average molecular weight is 426 g/mol. The first-order valence-corrected chi connectivity index (χ1v) is 10.6. The Balaban J connectivity index is 1.45. The predicted molar refractivity (Wildman–Crippen MR) is 114 cm³/mol. The van der Waals surface area contributed by atoms with E-state index in [-0.39, 0.29) is 18.3 Å². The number of carbonyl (C=O) groups excluding carboxylic acids is 1. The van der Waals surface area contributed by atoms with E-state index in [1.807, 2.05) is 15.9 Å². The van der Waals surface area contributed by atoms with Crippen molar-refractivity contribution >= 4 is 11.9 Å². The molecule has 3 heterocycles. The molecule has 1 aliphatic heterocycles. The quantitative estimate of drug-likeness (QED) is 0.603. The molecule has 2 aromatic heterocycles. The van der Waals surface area contributed by atoms with Gasteiger partial charge in [-0.2, -0.15) is 10.1 Å². The molecule has 1 fully saturated rings. The molecule has 9 heteroatoms. The molecule has 3 aromatic rings. The number of hydrogen-bond acceptors (Lipinski definition) is 6. The minimum atomic E-state index is -0.234. The van der Waals surface area contributed by atoms with Crippen molar-refractivity contribution in [3.8, 4) is 11.3 Å². The molecule has 4 rings (SSSR count). The van der Waals surface area contributed by atoms with Crippen molar-refractivity contribution in [2.24, 2.45) is 0 Å². The van der Waals surface area contributed by atoms with Crippen molar-refractivity contribution in [1.82, 2.24) is 24.8 Å². The highest BCUT2D eigenvalue weighted by atomic mass is 19.1. The van der Waals surface area contributed by atoms with Gasteiger partial charge in [-0.25, -0.2) is 4.39 Å². The topological polar surface area (TPSA) is 80.3 Å². The fourth-order valence-corrected chi connectivity index (χ4v) is 3.80. The number of anilines is 1. The summed E-state index contributed by atoms with van der Waals surface area (Å²) in [5, 5.41) is 8.62. The van der Waals surface area contributed by atoms with E-state index in [0.717, 1.165) is 29.8 Å². The number of aryl methyl sites for hydroxylation is 3. The van der Waals surface area contributed by atoms with Crippen LogP contribution >= 0.6 is 0 Å². The van der Waals surface area contributed by atoms with Gasteiger partial charge in [0.1, 0.15) is 12.4 Å². The molecule has 0 atom stereocenters. The molecule has 1 aliphatic rings. The van der Waals surface area contributed by atoms with Gasteiger partial charge in [0.15, 0.2) is 0 Å². The summed E-state index contributed by atoms with van der Waals surface area (Å²) in [6.07, 6.45) is 1.77. The summed E-state index contributed by atoms with van der Waals surface area (Å²) in [6.45, 7) is 8.30. The monoisotopic (exact) mass is 426 g/mol. The zero-order chi connectivity index (χ0) is 22.0. The highest BCUT2D eigenvalue weighted by Gasteiger charge is 2.24. The van der Waals surface area contributed by atoms with Gasteiger partial charge in [-0.1, -0.05) is 13.3 Å². The van der Waals surface area contributed by atoms with Crippen LogP contribution in [0.25, 0.3) is 11.3 Å². The molecule has 0 spiro atoms. The Hall–Kier alpha value is -3.23. The lowest BCUT2D eigenvalue weighted by Gasteiger charge is -2.34. The summed E-state index contributed by atoms with van der Waals surface area (Å²) < 4.78 is 20.5. The third-order valence-corrected chi connectivity index (χ3v) is 5.54. The number of halogens is 1. The van der Waals surface area contributed by atoms with Crippen molar-refractivity contribution < 1.29 is 13.7 Å². The van der Waals surface area contributed by atoms with Gasteiger partial charge in [-0.3, -0.25) is 9.48 Å². The van der Waals surface area contributed by atoms with Crippen LogP contribution in [0, 0.1) is 19.7 Å². The van der Waals surface area contributed by atoms with Crippen LogP contribution in [0.2, 0.25) is 0 Å². The van der Waals surface area contributed by atoms with Gasteiger partial charge in [0, 0.05) is 44.4 Å². The van der Waals surface area contributed by atoms with Crippen LogP contribution in [-0.2, 0) is 17.8 Å². The maximum atomic E-state index is 13.6. The molecule has 8 nitrogen and oxygen atoms in total. The molecule has 1 amide bonds. The van der Waals surface area contributed by atoms with Crippen molar-refractivity contribution in [1.29, 1.82) is 0 Å². The van der Waals surface area contributed by atoms with Gasteiger partial charge in [-0.05, 0) is 48.3 Å². The van der Waals surface area contributed by atoms with E-state index in [1.54, 1.807) is 30.7 Å². The zero-order valence-electron chi connectivity index (χ0n) is 18.1. The second kappa shape index (κ2) is 8.87. The van der Waals surface area contributed by atoms with Gasteiger partial charge in [0.2, 0.25) is 11.8 Å². The Morgan fingerprint density at radius 3 is 2.58 bits per heavy atom. The number of piperazine rings is 1. The van der Waals surface area contributed by atoms with Crippen molar-refractivity contribution in [3.05, 3.63) is 47.2 Å². The van der Waals surface area contributed by atoms with Crippen LogP contribution < -0.4 is 4.90 Å². The number of benzene rings is 1. The number of aromatic nitrogens is 4. The molecule has 0 aliphatic carbocycles. The minimum absolute atomic E-state index is 0.0335. The molecular formula is C22H27FN6O2. The fraction of sp³-hybridized carbons (Fsp3) is 0.455. The van der Waals surface area contributed by atoms with Crippen LogP contribution in [0.15, 0.2) is 28.8 Å². The number of rotatable bonds is 6. The largest absolute Gasteiger partial charge is 0.338 e. The van der Waals surface area contributed by atoms with Crippen LogP contribution in [0.5, 0.6) is 0 Å². The normalized spacial score (nSPS) is 14.3. The summed E-state index contributed by atoms with van der Waals surface area (Å²) in [6, 6.07) is 6.98. The molecule has 0 saturated carbocycles. The lowest BCUT2D eigenvalue weighted by Crippen LogP contribution is -2.50. The SMILES string of the molecule is CCCc1cc(-c2ccc(F)c(C)c2)nn1CC(=O)N1CCN(c2noc(C)n2)CC1. The van der Waals surface area contributed by atoms with Crippen LogP contribution in [0.1, 0.15) is 30.5 Å². The fourth-order valence-electron chi connectivity index (χ4n) is 3.80. The van der Waals surface area contributed by atoms with Crippen molar-refractivity contribution in [3.63, 3.8) is 0 Å². The molecule has 0 unspecified atom stereocenters. The first-order valence-electron chi connectivity index (χ1n) is 10.6. The Kier molecular flexibility index (Phi) is 6.01. The van der Waals surface area contributed by atoms with Gasteiger partial charge < -0.3 is 14.3 Å². The molecule has 31 heavy (non-hydrogen) atoms. The van der Waals surface area contributed by atoms with Crippen LogP contribution in [0.3, 0.4) is 0 Å². The average Bonchev–Trinajstić information content (AvgIpc) is 3.37. The third kappa shape index (κ3) is 4.60. The van der Waals surface area contributed by atoms with Gasteiger partial charge in [-0.15, -0.1) is 0 Å². The Morgan fingerprint density at radius 1 is 1.16 bits per heavy atom. The summed E-state index contributed by atoms with van der Waals surface area (Å²) in [5.74, 6) is 0.900. The molecule has 1 saturated heterocycles. The van der Waals surface area contributed by atoms with Crippen molar-refractivity contribution in [2.45, 2.75) is 40.2 Å². The molecule has 164 valence electrons. The Morgan fingerprint density at radius 2 is 1.94 bits per heavy atom. The molecular weight excluding hydrogens is 399 g/mol. The van der Waals surface area contributed by atoms with E-state index in [4.69, 9.17) is 4.52 Å².